The first-order valence-electron chi connectivity index (χ1n) is 6.61. The van der Waals surface area contributed by atoms with Gasteiger partial charge in [-0.05, 0) is 18.6 Å². The fraction of sp³-hybridized carbons (Fsp3) is 0.429. The Morgan fingerprint density at radius 3 is 2.67 bits per heavy atom. The normalized spacial score (nSPS) is 12.0. The van der Waals surface area contributed by atoms with Gasteiger partial charge in [0.1, 0.15) is 5.82 Å². The number of nitrogens with zero attached hydrogens (tertiary/aromatic N) is 2. The lowest BCUT2D eigenvalue weighted by Gasteiger charge is -2.12. The second-order valence-electron chi connectivity index (χ2n) is 4.77. The molecule has 0 atom stereocenters. The molecule has 4 nitrogen and oxygen atoms in total. The van der Waals surface area contributed by atoms with Crippen LogP contribution in [0.2, 0.25) is 0 Å². The van der Waals surface area contributed by atoms with Crippen molar-refractivity contribution in [1.29, 1.82) is 0 Å². The van der Waals surface area contributed by atoms with E-state index in [1.807, 2.05) is 6.92 Å². The van der Waals surface area contributed by atoms with Crippen LogP contribution < -0.4 is 0 Å². The molecule has 2 rings (SSSR count). The molecule has 1 N–H and O–H groups in total. The summed E-state index contributed by atoms with van der Waals surface area (Å²) in [5.41, 5.74) is 0.655. The minimum Gasteiger partial charge on any atom is -0.478 e. The molecular formula is C14H15F3N2O2. The first-order valence-corrected chi connectivity index (χ1v) is 6.61. The van der Waals surface area contributed by atoms with E-state index >= 15 is 0 Å². The van der Waals surface area contributed by atoms with E-state index < -0.39 is 18.6 Å². The van der Waals surface area contributed by atoms with Gasteiger partial charge in [-0.1, -0.05) is 13.0 Å². The molecule has 0 saturated heterocycles. The van der Waals surface area contributed by atoms with Crippen LogP contribution in [0.1, 0.15) is 35.9 Å². The molecule has 1 aromatic carbocycles. The fourth-order valence-corrected chi connectivity index (χ4v) is 2.30. The van der Waals surface area contributed by atoms with Crippen LogP contribution in [0.15, 0.2) is 18.2 Å². The van der Waals surface area contributed by atoms with E-state index in [0.29, 0.717) is 17.8 Å². The number of carbonyl (C=O) groups is 1. The minimum atomic E-state index is -4.29. The highest BCUT2D eigenvalue weighted by Gasteiger charge is 2.28. The zero-order valence-electron chi connectivity index (χ0n) is 11.4. The number of fused-ring (bicyclic) bond motifs is 1. The number of aryl methyl sites for hydroxylation is 2. The molecule has 0 radical (unpaired) electrons. The second-order valence-corrected chi connectivity index (χ2v) is 4.77. The molecule has 2 aromatic rings. The number of aromatic carboxylic acids is 1. The molecule has 0 unspecified atom stereocenters. The molecule has 0 aliphatic carbocycles. The van der Waals surface area contributed by atoms with E-state index in [1.54, 1.807) is 12.1 Å². The van der Waals surface area contributed by atoms with Crippen molar-refractivity contribution >= 4 is 17.0 Å². The van der Waals surface area contributed by atoms with Gasteiger partial charge in [-0.2, -0.15) is 13.2 Å². The predicted molar refractivity (Wildman–Crippen MR) is 71.4 cm³/mol. The molecule has 0 aliphatic heterocycles. The Morgan fingerprint density at radius 1 is 1.38 bits per heavy atom. The minimum absolute atomic E-state index is 0.0236. The Morgan fingerprint density at radius 2 is 2.10 bits per heavy atom. The Balaban J connectivity index is 2.56. The van der Waals surface area contributed by atoms with Crippen LogP contribution in [-0.4, -0.2) is 26.8 Å². The number of hydrogen-bond donors (Lipinski definition) is 1. The van der Waals surface area contributed by atoms with Gasteiger partial charge in [0.05, 0.1) is 23.0 Å². The topological polar surface area (TPSA) is 55.1 Å². The summed E-state index contributed by atoms with van der Waals surface area (Å²) in [5.74, 6) is -0.678. The molecule has 0 amide bonds. The van der Waals surface area contributed by atoms with E-state index in [1.165, 1.54) is 10.6 Å². The van der Waals surface area contributed by atoms with E-state index in [2.05, 4.69) is 4.98 Å². The first kappa shape index (κ1) is 15.3. The smallest absolute Gasteiger partial charge is 0.390 e. The Kier molecular flexibility index (Phi) is 4.20. The van der Waals surface area contributed by atoms with Gasteiger partial charge in [0.2, 0.25) is 0 Å². The van der Waals surface area contributed by atoms with Gasteiger partial charge in [-0.15, -0.1) is 0 Å². The Hall–Kier alpha value is -2.05. The summed E-state index contributed by atoms with van der Waals surface area (Å²) in [6, 6.07) is 4.54. The summed E-state index contributed by atoms with van der Waals surface area (Å²) >= 11 is 0. The third-order valence-corrected chi connectivity index (χ3v) is 3.17. The van der Waals surface area contributed by atoms with Gasteiger partial charge in [-0.3, -0.25) is 0 Å². The monoisotopic (exact) mass is 300 g/mol. The van der Waals surface area contributed by atoms with Gasteiger partial charge >= 0.3 is 12.1 Å². The van der Waals surface area contributed by atoms with Crippen LogP contribution in [0.25, 0.3) is 11.0 Å². The van der Waals surface area contributed by atoms with Crippen molar-refractivity contribution in [3.05, 3.63) is 29.6 Å². The molecular weight excluding hydrogens is 285 g/mol. The third-order valence-electron chi connectivity index (χ3n) is 3.17. The number of imidazole rings is 1. The number of para-hydroxylation sites is 1. The summed E-state index contributed by atoms with van der Waals surface area (Å²) in [4.78, 5) is 15.6. The quantitative estimate of drug-likeness (QED) is 0.917. The summed E-state index contributed by atoms with van der Waals surface area (Å²) in [6.45, 7) is 1.57. The molecule has 7 heteroatoms. The molecule has 0 saturated carbocycles. The molecule has 1 heterocycles. The van der Waals surface area contributed by atoms with E-state index in [4.69, 9.17) is 0 Å². The van der Waals surface area contributed by atoms with Crippen LogP contribution in [0.3, 0.4) is 0 Å². The number of hydrogen-bond acceptors (Lipinski definition) is 2. The SMILES string of the molecule is CCCc1nc2cccc(C(=O)O)c2n1CCC(F)(F)F. The van der Waals surface area contributed by atoms with Crippen LogP contribution in [0.5, 0.6) is 0 Å². The largest absolute Gasteiger partial charge is 0.478 e. The van der Waals surface area contributed by atoms with Crippen LogP contribution in [-0.2, 0) is 13.0 Å². The zero-order chi connectivity index (χ0) is 15.6. The number of halogens is 3. The van der Waals surface area contributed by atoms with Crippen molar-refractivity contribution in [3.63, 3.8) is 0 Å². The van der Waals surface area contributed by atoms with Crippen LogP contribution >= 0.6 is 0 Å². The second kappa shape index (κ2) is 5.75. The summed E-state index contributed by atoms with van der Waals surface area (Å²) in [5, 5.41) is 9.21. The third kappa shape index (κ3) is 3.34. The number of alkyl halides is 3. The molecule has 0 fully saturated rings. The standard InChI is InChI=1S/C14H15F3N2O2/c1-2-4-11-18-10-6-3-5-9(13(20)21)12(10)19(11)8-7-14(15,16)17/h3,5-6H,2,4,7-8H2,1H3,(H,20,21). The lowest BCUT2D eigenvalue weighted by molar-refractivity contribution is -0.136. The number of rotatable bonds is 5. The molecule has 114 valence electrons. The van der Waals surface area contributed by atoms with Crippen molar-refractivity contribution in [3.8, 4) is 0 Å². The van der Waals surface area contributed by atoms with E-state index in [9.17, 15) is 23.1 Å². The lowest BCUT2D eigenvalue weighted by Crippen LogP contribution is -2.15. The molecule has 0 spiro atoms. The molecule has 21 heavy (non-hydrogen) atoms. The van der Waals surface area contributed by atoms with Crippen molar-refractivity contribution in [2.24, 2.45) is 0 Å². The zero-order valence-corrected chi connectivity index (χ0v) is 11.4. The molecule has 0 bridgehead atoms. The highest BCUT2D eigenvalue weighted by molar-refractivity contribution is 6.01. The Labute approximate surface area is 119 Å². The maximum Gasteiger partial charge on any atom is 0.390 e. The van der Waals surface area contributed by atoms with Gasteiger partial charge in [0, 0.05) is 13.0 Å². The summed E-state index contributed by atoms with van der Waals surface area (Å²) < 4.78 is 38.8. The van der Waals surface area contributed by atoms with Crippen LogP contribution in [0, 0.1) is 0 Å². The van der Waals surface area contributed by atoms with Crippen molar-refractivity contribution in [1.82, 2.24) is 9.55 Å². The van der Waals surface area contributed by atoms with Gasteiger partial charge in [-0.25, -0.2) is 9.78 Å². The highest BCUT2D eigenvalue weighted by atomic mass is 19.4. The van der Waals surface area contributed by atoms with E-state index in [0.717, 1.165) is 6.42 Å². The summed E-state index contributed by atoms with van der Waals surface area (Å²) in [6.07, 6.45) is -4.08. The van der Waals surface area contributed by atoms with Crippen molar-refractivity contribution in [2.75, 3.05) is 0 Å². The highest BCUT2D eigenvalue weighted by Crippen LogP contribution is 2.26. The maximum absolute atomic E-state index is 12.5. The predicted octanol–water partition coefficient (Wildman–Crippen LogP) is 3.64. The maximum atomic E-state index is 12.5. The number of benzene rings is 1. The molecule has 0 aliphatic rings. The van der Waals surface area contributed by atoms with Crippen LogP contribution in [0.4, 0.5) is 13.2 Å². The number of carboxylic acids is 1. The number of aromatic nitrogens is 2. The van der Waals surface area contributed by atoms with Gasteiger partial charge < -0.3 is 9.67 Å². The fourth-order valence-electron chi connectivity index (χ4n) is 2.30. The summed E-state index contributed by atoms with van der Waals surface area (Å²) in [7, 11) is 0. The molecule has 1 aromatic heterocycles. The van der Waals surface area contributed by atoms with Gasteiger partial charge in [0.15, 0.2) is 0 Å². The average Bonchev–Trinajstić information content (AvgIpc) is 2.73. The lowest BCUT2D eigenvalue weighted by atomic mass is 10.2. The van der Waals surface area contributed by atoms with Gasteiger partial charge in [0.25, 0.3) is 0 Å². The van der Waals surface area contributed by atoms with E-state index in [-0.39, 0.29) is 17.6 Å². The van der Waals surface area contributed by atoms with Crippen molar-refractivity contribution in [2.45, 2.75) is 38.9 Å². The number of carboxylic acid groups (broad SMARTS) is 1. The Bertz CT molecular complexity index is 662. The first-order chi connectivity index (χ1) is 9.83. The van der Waals surface area contributed by atoms with Crippen molar-refractivity contribution < 1.29 is 23.1 Å². The average molecular weight is 300 g/mol.